The molecule has 4 nitrogen and oxygen atoms in total. The van der Waals surface area contributed by atoms with E-state index in [1.54, 1.807) is 5.51 Å². The van der Waals surface area contributed by atoms with Gasteiger partial charge in [-0.2, -0.15) is 0 Å². The number of carbonyl (C=O) groups is 1. The molecule has 0 spiro atoms. The predicted molar refractivity (Wildman–Crippen MR) is 77.5 cm³/mol. The molecule has 3 rings (SSSR count). The Labute approximate surface area is 122 Å². The Morgan fingerprint density at radius 1 is 1.42 bits per heavy atom. The number of halogens is 1. The van der Waals surface area contributed by atoms with Crippen molar-refractivity contribution in [2.75, 3.05) is 5.32 Å². The van der Waals surface area contributed by atoms with Gasteiger partial charge in [0.25, 0.3) is 0 Å². The molecule has 0 fully saturated rings. The van der Waals surface area contributed by atoms with Crippen LogP contribution in [0.4, 0.5) is 5.69 Å². The molecule has 0 unspecified atom stereocenters. The van der Waals surface area contributed by atoms with Gasteiger partial charge in [0, 0.05) is 16.3 Å². The second-order valence-electron chi connectivity index (χ2n) is 4.25. The number of rotatable bonds is 3. The number of benzene rings is 1. The number of nitrogens with one attached hydrogen (secondary N) is 1. The number of aromatic nitrogens is 1. The van der Waals surface area contributed by atoms with Crippen LogP contribution in [0.1, 0.15) is 17.7 Å². The minimum absolute atomic E-state index is 0.0355. The van der Waals surface area contributed by atoms with Gasteiger partial charge in [-0.25, -0.2) is 4.98 Å². The van der Waals surface area contributed by atoms with Gasteiger partial charge in [0.2, 0.25) is 5.91 Å². The predicted octanol–water partition coefficient (Wildman–Crippen LogP) is 3.37. The number of aryl methyl sites for hydroxylation is 1. The van der Waals surface area contributed by atoms with Crippen LogP contribution >= 0.6 is 27.3 Å². The van der Waals surface area contributed by atoms with E-state index in [-0.39, 0.29) is 5.91 Å². The van der Waals surface area contributed by atoms with Crippen LogP contribution in [0.15, 0.2) is 27.5 Å². The van der Waals surface area contributed by atoms with Gasteiger partial charge in [-0.3, -0.25) is 4.79 Å². The summed E-state index contributed by atoms with van der Waals surface area (Å²) < 4.78 is 6.73. The Hall–Kier alpha value is -1.40. The van der Waals surface area contributed by atoms with Crippen LogP contribution in [0.5, 0.6) is 5.75 Å². The number of thiazole rings is 1. The summed E-state index contributed by atoms with van der Waals surface area (Å²) in [6, 6.07) is 3.89. The van der Waals surface area contributed by atoms with Crippen LogP contribution in [-0.2, 0) is 17.8 Å². The summed E-state index contributed by atoms with van der Waals surface area (Å²) in [5.41, 5.74) is 4.55. The van der Waals surface area contributed by atoms with Crippen molar-refractivity contribution in [1.82, 2.24) is 4.98 Å². The van der Waals surface area contributed by atoms with Crippen molar-refractivity contribution in [1.29, 1.82) is 0 Å². The van der Waals surface area contributed by atoms with E-state index < -0.39 is 0 Å². The van der Waals surface area contributed by atoms with Crippen LogP contribution in [-0.4, -0.2) is 10.9 Å². The maximum Gasteiger partial charge on any atom is 0.224 e. The molecule has 6 heteroatoms. The largest absolute Gasteiger partial charge is 0.485 e. The van der Waals surface area contributed by atoms with E-state index in [0.717, 1.165) is 27.8 Å². The van der Waals surface area contributed by atoms with Gasteiger partial charge in [0.15, 0.2) is 0 Å². The highest BCUT2D eigenvalue weighted by molar-refractivity contribution is 9.10. The zero-order valence-corrected chi connectivity index (χ0v) is 12.4. The average Bonchev–Trinajstić information content (AvgIpc) is 2.89. The fraction of sp³-hybridized carbons (Fsp3) is 0.231. The molecule has 98 valence electrons. The number of fused-ring (bicyclic) bond motifs is 1. The highest BCUT2D eigenvalue weighted by atomic mass is 79.9. The first-order chi connectivity index (χ1) is 9.22. The van der Waals surface area contributed by atoms with E-state index in [1.165, 1.54) is 11.3 Å². The molecule has 0 saturated heterocycles. The van der Waals surface area contributed by atoms with Crippen LogP contribution in [0.2, 0.25) is 0 Å². The second-order valence-corrected chi connectivity index (χ2v) is 5.89. The normalized spacial score (nSPS) is 13.8. The van der Waals surface area contributed by atoms with Crippen LogP contribution in [0, 0.1) is 0 Å². The third-order valence-corrected chi connectivity index (χ3v) is 3.99. The molecule has 19 heavy (non-hydrogen) atoms. The average molecular weight is 339 g/mol. The van der Waals surface area contributed by atoms with Crippen molar-refractivity contribution in [3.63, 3.8) is 0 Å². The molecule has 0 bridgehead atoms. The van der Waals surface area contributed by atoms with Gasteiger partial charge in [0.1, 0.15) is 12.4 Å². The lowest BCUT2D eigenvalue weighted by Gasteiger charge is -2.20. The number of hydrogen-bond donors (Lipinski definition) is 1. The molecule has 1 aromatic carbocycles. The van der Waals surface area contributed by atoms with Gasteiger partial charge >= 0.3 is 0 Å². The number of anilines is 1. The molecule has 1 aliphatic rings. The van der Waals surface area contributed by atoms with E-state index in [1.807, 2.05) is 17.5 Å². The van der Waals surface area contributed by atoms with Crippen molar-refractivity contribution >= 4 is 38.9 Å². The summed E-state index contributed by atoms with van der Waals surface area (Å²) in [5, 5.41) is 4.83. The lowest BCUT2D eigenvalue weighted by Crippen LogP contribution is -2.19. The molecule has 2 heterocycles. The van der Waals surface area contributed by atoms with Gasteiger partial charge in [-0.15, -0.1) is 11.3 Å². The van der Waals surface area contributed by atoms with Gasteiger partial charge in [-0.1, -0.05) is 15.9 Å². The minimum Gasteiger partial charge on any atom is -0.485 e. The molecule has 0 radical (unpaired) electrons. The number of nitrogens with zero attached hydrogens (tertiary/aromatic N) is 1. The summed E-state index contributed by atoms with van der Waals surface area (Å²) in [6.07, 6.45) is 1.27. The van der Waals surface area contributed by atoms with Crippen molar-refractivity contribution < 1.29 is 9.53 Å². The van der Waals surface area contributed by atoms with Crippen LogP contribution in [0.3, 0.4) is 0 Å². The highest BCUT2D eigenvalue weighted by Crippen LogP contribution is 2.36. The lowest BCUT2D eigenvalue weighted by atomic mass is 10.0. The lowest BCUT2D eigenvalue weighted by molar-refractivity contribution is -0.116. The standard InChI is InChI=1S/C13H11BrN2O2S/c14-9-3-8-1-2-12(17)16-13(8)11(4-9)18-5-10-6-19-7-15-10/h3-4,6-7H,1-2,5H2,(H,16,17). The van der Waals surface area contributed by atoms with Gasteiger partial charge in [-0.05, 0) is 24.1 Å². The number of carbonyl (C=O) groups excluding carboxylic acids is 1. The van der Waals surface area contributed by atoms with E-state index in [9.17, 15) is 4.79 Å². The van der Waals surface area contributed by atoms with Crippen molar-refractivity contribution in [2.24, 2.45) is 0 Å². The van der Waals surface area contributed by atoms with Gasteiger partial charge in [0.05, 0.1) is 16.9 Å². The van der Waals surface area contributed by atoms with Gasteiger partial charge < -0.3 is 10.1 Å². The molecular weight excluding hydrogens is 328 g/mol. The molecule has 2 aromatic rings. The summed E-state index contributed by atoms with van der Waals surface area (Å²) in [7, 11) is 0. The molecule has 1 aliphatic heterocycles. The molecule has 1 N–H and O–H groups in total. The summed E-state index contributed by atoms with van der Waals surface area (Å²) in [6.45, 7) is 0.405. The molecular formula is C13H11BrN2O2S. The topological polar surface area (TPSA) is 51.2 Å². The molecule has 1 amide bonds. The Kier molecular flexibility index (Phi) is 3.52. The molecule has 0 aliphatic carbocycles. The molecule has 0 atom stereocenters. The fourth-order valence-corrected chi connectivity index (χ4v) is 3.03. The molecule has 1 aromatic heterocycles. The van der Waals surface area contributed by atoms with Crippen molar-refractivity contribution in [2.45, 2.75) is 19.4 Å². The number of hydrogen-bond acceptors (Lipinski definition) is 4. The first-order valence-corrected chi connectivity index (χ1v) is 7.58. The smallest absolute Gasteiger partial charge is 0.224 e. The minimum atomic E-state index is 0.0355. The Morgan fingerprint density at radius 2 is 2.32 bits per heavy atom. The van der Waals surface area contributed by atoms with E-state index in [2.05, 4.69) is 26.2 Å². The third-order valence-electron chi connectivity index (χ3n) is 2.89. The Morgan fingerprint density at radius 3 is 3.11 bits per heavy atom. The summed E-state index contributed by atoms with van der Waals surface area (Å²) >= 11 is 5.01. The summed E-state index contributed by atoms with van der Waals surface area (Å²) in [4.78, 5) is 15.7. The maximum absolute atomic E-state index is 11.5. The number of amides is 1. The third kappa shape index (κ3) is 2.79. The zero-order valence-electron chi connectivity index (χ0n) is 9.98. The molecule has 0 saturated carbocycles. The van der Waals surface area contributed by atoms with E-state index in [0.29, 0.717) is 18.8 Å². The van der Waals surface area contributed by atoms with E-state index >= 15 is 0 Å². The Balaban J connectivity index is 1.87. The summed E-state index contributed by atoms with van der Waals surface area (Å²) in [5.74, 6) is 0.721. The monoisotopic (exact) mass is 338 g/mol. The second kappa shape index (κ2) is 5.30. The Bertz CT molecular complexity index is 613. The first kappa shape index (κ1) is 12.6. The quantitative estimate of drug-likeness (QED) is 0.933. The number of ether oxygens (including phenoxy) is 1. The first-order valence-electron chi connectivity index (χ1n) is 5.84. The van der Waals surface area contributed by atoms with Crippen LogP contribution in [0.25, 0.3) is 0 Å². The maximum atomic E-state index is 11.5. The SMILES string of the molecule is O=C1CCc2cc(Br)cc(OCc3cscn3)c2N1. The van der Waals surface area contributed by atoms with Crippen molar-refractivity contribution in [3.05, 3.63) is 38.8 Å². The highest BCUT2D eigenvalue weighted by Gasteiger charge is 2.19. The van der Waals surface area contributed by atoms with Crippen molar-refractivity contribution in [3.8, 4) is 5.75 Å². The fourth-order valence-electron chi connectivity index (χ4n) is 2.00. The zero-order chi connectivity index (χ0) is 13.2. The van der Waals surface area contributed by atoms with Crippen LogP contribution < -0.4 is 10.1 Å². The van der Waals surface area contributed by atoms with E-state index in [4.69, 9.17) is 4.74 Å².